The van der Waals surface area contributed by atoms with Crippen molar-refractivity contribution in [3.8, 4) is 0 Å². The van der Waals surface area contributed by atoms with E-state index in [4.69, 9.17) is 0 Å². The van der Waals surface area contributed by atoms with Crippen LogP contribution in [0.3, 0.4) is 0 Å². The molecule has 2 aromatic rings. The largest absolute Gasteiger partial charge is 0.338 e. The van der Waals surface area contributed by atoms with Crippen molar-refractivity contribution in [2.45, 2.75) is 45.1 Å². The molecular weight excluding hydrogens is 462 g/mol. The van der Waals surface area contributed by atoms with Crippen molar-refractivity contribution >= 4 is 33.2 Å². The van der Waals surface area contributed by atoms with Crippen LogP contribution in [-0.2, 0) is 21.4 Å². The van der Waals surface area contributed by atoms with Crippen LogP contribution in [0.5, 0.6) is 0 Å². The maximum Gasteiger partial charge on any atom is 0.264 e. The Balaban J connectivity index is 1.41. The predicted octanol–water partition coefficient (Wildman–Crippen LogP) is 1.97. The van der Waals surface area contributed by atoms with Gasteiger partial charge in [-0.1, -0.05) is 13.0 Å². The van der Waals surface area contributed by atoms with Crippen LogP contribution in [0.4, 0.5) is 0 Å². The van der Waals surface area contributed by atoms with Crippen molar-refractivity contribution in [3.63, 3.8) is 0 Å². The number of nitrogens with zero attached hydrogens (tertiary/aromatic N) is 5. The maximum absolute atomic E-state index is 13.3. The van der Waals surface area contributed by atoms with E-state index in [0.29, 0.717) is 61.5 Å². The highest BCUT2D eigenvalue weighted by Crippen LogP contribution is 2.27. The number of aryl methyl sites for hydroxylation is 1. The molecule has 0 radical (unpaired) electrons. The first-order valence-corrected chi connectivity index (χ1v) is 13.6. The lowest BCUT2D eigenvalue weighted by Crippen LogP contribution is -2.51. The van der Waals surface area contributed by atoms with Crippen LogP contribution in [0.25, 0.3) is 0 Å². The van der Waals surface area contributed by atoms with E-state index in [1.807, 2.05) is 17.5 Å². The highest BCUT2D eigenvalue weighted by molar-refractivity contribution is 7.89. The van der Waals surface area contributed by atoms with E-state index in [1.54, 1.807) is 28.0 Å². The van der Waals surface area contributed by atoms with Crippen LogP contribution in [0.1, 0.15) is 40.8 Å². The Morgan fingerprint density at radius 1 is 1.06 bits per heavy atom. The molecule has 0 unspecified atom stereocenters. The fourth-order valence-electron chi connectivity index (χ4n) is 4.51. The number of aromatic nitrogens is 2. The van der Waals surface area contributed by atoms with Gasteiger partial charge in [0.25, 0.3) is 5.91 Å². The SMILES string of the molecule is Cc1nn(CC(=O)N2CCN(C(=O)c3cccs3)CC2)c(C)c1S(=O)(=O)N1CCC(C)CC1. The molecule has 2 saturated heterocycles. The summed E-state index contributed by atoms with van der Waals surface area (Å²) >= 11 is 1.42. The lowest BCUT2D eigenvalue weighted by Gasteiger charge is -2.34. The summed E-state index contributed by atoms with van der Waals surface area (Å²) in [5.74, 6) is 0.400. The van der Waals surface area contributed by atoms with Gasteiger partial charge >= 0.3 is 0 Å². The summed E-state index contributed by atoms with van der Waals surface area (Å²) in [5.41, 5.74) is 0.913. The van der Waals surface area contributed by atoms with Crippen molar-refractivity contribution in [1.82, 2.24) is 23.9 Å². The van der Waals surface area contributed by atoms with Gasteiger partial charge in [0.2, 0.25) is 15.9 Å². The number of piperazine rings is 1. The van der Waals surface area contributed by atoms with Crippen LogP contribution in [0.2, 0.25) is 0 Å². The average Bonchev–Trinajstić information content (AvgIpc) is 3.42. The lowest BCUT2D eigenvalue weighted by molar-refractivity contribution is -0.133. The second-order valence-electron chi connectivity index (χ2n) is 8.89. The molecule has 4 rings (SSSR count). The highest BCUT2D eigenvalue weighted by atomic mass is 32.2. The smallest absolute Gasteiger partial charge is 0.264 e. The van der Waals surface area contributed by atoms with Gasteiger partial charge in [0.05, 0.1) is 16.3 Å². The molecule has 11 heteroatoms. The third-order valence-electron chi connectivity index (χ3n) is 6.59. The van der Waals surface area contributed by atoms with Gasteiger partial charge in [-0.25, -0.2) is 8.42 Å². The van der Waals surface area contributed by atoms with Gasteiger partial charge in [0.1, 0.15) is 11.4 Å². The molecule has 0 aromatic carbocycles. The molecule has 180 valence electrons. The zero-order valence-electron chi connectivity index (χ0n) is 19.4. The van der Waals surface area contributed by atoms with Crippen molar-refractivity contribution in [2.75, 3.05) is 39.3 Å². The zero-order valence-corrected chi connectivity index (χ0v) is 21.0. The third-order valence-corrected chi connectivity index (χ3v) is 9.60. The minimum atomic E-state index is -3.64. The number of sulfonamides is 1. The van der Waals surface area contributed by atoms with Crippen molar-refractivity contribution in [1.29, 1.82) is 0 Å². The summed E-state index contributed by atoms with van der Waals surface area (Å²) in [6.07, 6.45) is 1.70. The Bertz CT molecular complexity index is 1110. The van der Waals surface area contributed by atoms with Gasteiger partial charge < -0.3 is 9.80 Å². The molecule has 2 fully saturated rings. The number of carbonyl (C=O) groups is 2. The van der Waals surface area contributed by atoms with Crippen LogP contribution < -0.4 is 0 Å². The lowest BCUT2D eigenvalue weighted by atomic mass is 10.0. The normalized spacial score (nSPS) is 18.6. The van der Waals surface area contributed by atoms with Crippen LogP contribution in [0.15, 0.2) is 22.4 Å². The molecule has 2 aliphatic heterocycles. The number of carbonyl (C=O) groups excluding carboxylic acids is 2. The second-order valence-corrected chi connectivity index (χ2v) is 11.7. The Hall–Kier alpha value is -2.24. The molecule has 2 aliphatic rings. The zero-order chi connectivity index (χ0) is 23.8. The monoisotopic (exact) mass is 493 g/mol. The van der Waals surface area contributed by atoms with Crippen LogP contribution in [0, 0.1) is 19.8 Å². The summed E-state index contributed by atoms with van der Waals surface area (Å²) in [7, 11) is -3.64. The number of hydrogen-bond donors (Lipinski definition) is 0. The van der Waals surface area contributed by atoms with E-state index in [0.717, 1.165) is 12.8 Å². The first kappa shape index (κ1) is 23.9. The fraction of sp³-hybridized carbons (Fsp3) is 0.591. The maximum atomic E-state index is 13.3. The van der Waals surface area contributed by atoms with Gasteiger partial charge in [0.15, 0.2) is 0 Å². The second kappa shape index (κ2) is 9.55. The van der Waals surface area contributed by atoms with Crippen LogP contribution >= 0.6 is 11.3 Å². The third kappa shape index (κ3) is 4.85. The number of amides is 2. The first-order valence-electron chi connectivity index (χ1n) is 11.3. The molecule has 0 bridgehead atoms. The van der Waals surface area contributed by atoms with Gasteiger partial charge in [0, 0.05) is 39.3 Å². The summed E-state index contributed by atoms with van der Waals surface area (Å²) < 4.78 is 29.6. The molecule has 0 N–H and O–H groups in total. The van der Waals surface area contributed by atoms with Crippen molar-refractivity contribution < 1.29 is 18.0 Å². The molecule has 4 heterocycles. The molecular formula is C22H31N5O4S2. The Morgan fingerprint density at radius 2 is 1.70 bits per heavy atom. The summed E-state index contributed by atoms with van der Waals surface area (Å²) in [4.78, 5) is 29.9. The summed E-state index contributed by atoms with van der Waals surface area (Å²) in [6.45, 7) is 8.41. The van der Waals surface area contributed by atoms with E-state index in [2.05, 4.69) is 12.0 Å². The highest BCUT2D eigenvalue weighted by Gasteiger charge is 2.33. The van der Waals surface area contributed by atoms with E-state index >= 15 is 0 Å². The van der Waals surface area contributed by atoms with Crippen molar-refractivity contribution in [3.05, 3.63) is 33.8 Å². The van der Waals surface area contributed by atoms with E-state index in [-0.39, 0.29) is 23.3 Å². The van der Waals surface area contributed by atoms with Gasteiger partial charge in [-0.2, -0.15) is 9.40 Å². The quantitative estimate of drug-likeness (QED) is 0.635. The standard InChI is InChI=1S/C22H31N5O4S2/c1-16-6-8-26(9-7-16)33(30,31)21-17(2)23-27(18(21)3)15-20(28)24-10-12-25(13-11-24)22(29)19-5-4-14-32-19/h4-5,14,16H,6-13,15H2,1-3H3. The minimum Gasteiger partial charge on any atom is -0.338 e. The minimum absolute atomic E-state index is 0.00222. The molecule has 0 spiro atoms. The van der Waals surface area contributed by atoms with Crippen molar-refractivity contribution in [2.24, 2.45) is 5.92 Å². The topological polar surface area (TPSA) is 95.8 Å². The van der Waals surface area contributed by atoms with Gasteiger partial charge in [-0.05, 0) is 44.1 Å². The van der Waals surface area contributed by atoms with Gasteiger partial charge in [-0.3, -0.25) is 14.3 Å². The molecule has 33 heavy (non-hydrogen) atoms. The van der Waals surface area contributed by atoms with Gasteiger partial charge in [-0.15, -0.1) is 11.3 Å². The Morgan fingerprint density at radius 3 is 2.30 bits per heavy atom. The average molecular weight is 494 g/mol. The fourth-order valence-corrected chi connectivity index (χ4v) is 7.04. The molecule has 2 aromatic heterocycles. The van der Waals surface area contributed by atoms with E-state index < -0.39 is 10.0 Å². The molecule has 9 nitrogen and oxygen atoms in total. The molecule has 2 amide bonds. The van der Waals surface area contributed by atoms with E-state index in [9.17, 15) is 18.0 Å². The predicted molar refractivity (Wildman–Crippen MR) is 126 cm³/mol. The van der Waals surface area contributed by atoms with E-state index in [1.165, 1.54) is 16.0 Å². The Labute approximate surface area is 199 Å². The number of thiophene rings is 1. The Kier molecular flexibility index (Phi) is 6.92. The number of piperidine rings is 1. The molecule has 0 aliphatic carbocycles. The summed E-state index contributed by atoms with van der Waals surface area (Å²) in [6, 6.07) is 3.66. The first-order chi connectivity index (χ1) is 15.7. The van der Waals surface area contributed by atoms with Crippen LogP contribution in [-0.4, -0.2) is 83.4 Å². The number of hydrogen-bond acceptors (Lipinski definition) is 6. The molecule has 0 saturated carbocycles. The number of rotatable bonds is 5. The summed E-state index contributed by atoms with van der Waals surface area (Å²) in [5, 5.41) is 6.27. The molecule has 0 atom stereocenters.